The molecule has 1 fully saturated rings. The number of fused-ring (bicyclic) bond motifs is 1. The zero-order valence-corrected chi connectivity index (χ0v) is 19.9. The number of hydrogen-bond donors (Lipinski definition) is 0. The predicted octanol–water partition coefficient (Wildman–Crippen LogP) is 4.28. The van der Waals surface area contributed by atoms with Crippen LogP contribution >= 0.6 is 35.7 Å². The van der Waals surface area contributed by atoms with Crippen molar-refractivity contribution in [1.29, 1.82) is 0 Å². The third kappa shape index (κ3) is 5.11. The Balaban J connectivity index is 1.84. The lowest BCUT2D eigenvalue weighted by atomic mass is 10.1. The first-order chi connectivity index (χ1) is 14.9. The molecule has 9 heteroatoms. The van der Waals surface area contributed by atoms with Crippen molar-refractivity contribution in [2.45, 2.75) is 25.7 Å². The quantitative estimate of drug-likeness (QED) is 0.330. The first-order valence-electron chi connectivity index (χ1n) is 9.74. The highest BCUT2D eigenvalue weighted by Gasteiger charge is 2.36. The van der Waals surface area contributed by atoms with Gasteiger partial charge in [0, 0.05) is 17.0 Å². The molecule has 2 aliphatic heterocycles. The minimum Gasteiger partial charge on any atom is -0.465 e. The van der Waals surface area contributed by atoms with Crippen LogP contribution in [0.1, 0.15) is 20.8 Å². The average molecular weight is 475 g/mol. The molecular formula is C22H22N2O4S3. The number of carbonyl (C=O) groups is 3. The van der Waals surface area contributed by atoms with E-state index in [-0.39, 0.29) is 33.7 Å². The van der Waals surface area contributed by atoms with Crippen molar-refractivity contribution >= 4 is 63.4 Å². The summed E-state index contributed by atoms with van der Waals surface area (Å²) in [6, 6.07) is 8.16. The van der Waals surface area contributed by atoms with Crippen LogP contribution in [0.3, 0.4) is 0 Å². The Morgan fingerprint density at radius 3 is 2.58 bits per heavy atom. The number of hydrogen-bond acceptors (Lipinski definition) is 8. The van der Waals surface area contributed by atoms with Gasteiger partial charge in [-0.05, 0) is 45.1 Å². The van der Waals surface area contributed by atoms with E-state index in [9.17, 15) is 14.4 Å². The van der Waals surface area contributed by atoms with Gasteiger partial charge in [0.1, 0.15) is 10.9 Å². The molecule has 0 saturated carbocycles. The van der Waals surface area contributed by atoms with Crippen LogP contribution in [0, 0.1) is 0 Å². The summed E-state index contributed by atoms with van der Waals surface area (Å²) in [5.74, 6) is -1.24. The van der Waals surface area contributed by atoms with Crippen LogP contribution in [0.15, 0.2) is 62.9 Å². The first-order valence-corrected chi connectivity index (χ1v) is 11.8. The monoisotopic (exact) mass is 474 g/mol. The fourth-order valence-electron chi connectivity index (χ4n) is 3.12. The summed E-state index contributed by atoms with van der Waals surface area (Å²) in [7, 11) is 0. The summed E-state index contributed by atoms with van der Waals surface area (Å²) in [4.78, 5) is 41.6. The maximum atomic E-state index is 12.8. The molecule has 0 aromatic heterocycles. The lowest BCUT2D eigenvalue weighted by Crippen LogP contribution is -2.34. The average Bonchev–Trinajstić information content (AvgIpc) is 3.22. The number of benzene rings is 1. The van der Waals surface area contributed by atoms with Crippen LogP contribution < -0.4 is 4.90 Å². The Morgan fingerprint density at radius 1 is 1.16 bits per heavy atom. The van der Waals surface area contributed by atoms with E-state index in [1.54, 1.807) is 30.8 Å². The summed E-state index contributed by atoms with van der Waals surface area (Å²) in [5.41, 5.74) is 1.42. The van der Waals surface area contributed by atoms with Crippen molar-refractivity contribution in [2.24, 2.45) is 0 Å². The van der Waals surface area contributed by atoms with E-state index in [0.717, 1.165) is 29.0 Å². The van der Waals surface area contributed by atoms with Gasteiger partial charge >= 0.3 is 5.97 Å². The van der Waals surface area contributed by atoms with Crippen molar-refractivity contribution in [3.8, 4) is 0 Å². The van der Waals surface area contributed by atoms with E-state index in [2.05, 4.69) is 24.0 Å². The molecule has 1 saturated heterocycles. The summed E-state index contributed by atoms with van der Waals surface area (Å²) >= 11 is 7.93. The number of para-hydroxylation sites is 1. The fourth-order valence-corrected chi connectivity index (χ4v) is 5.60. The molecule has 1 aromatic rings. The largest absolute Gasteiger partial charge is 0.465 e. The van der Waals surface area contributed by atoms with Crippen molar-refractivity contribution in [3.05, 3.63) is 58.0 Å². The van der Waals surface area contributed by atoms with E-state index in [1.807, 2.05) is 18.2 Å². The molecule has 162 valence electrons. The van der Waals surface area contributed by atoms with Gasteiger partial charge in [-0.15, -0.1) is 0 Å². The predicted molar refractivity (Wildman–Crippen MR) is 129 cm³/mol. The second-order valence-electron chi connectivity index (χ2n) is 6.54. The molecule has 6 nitrogen and oxygen atoms in total. The Hall–Kier alpha value is -2.36. The number of thiocarbonyl (C=S) groups is 1. The number of allylic oxidation sites excluding steroid dienone is 4. The molecule has 2 aliphatic rings. The van der Waals surface area contributed by atoms with E-state index < -0.39 is 11.9 Å². The van der Waals surface area contributed by atoms with E-state index in [4.69, 9.17) is 17.0 Å². The molecule has 0 radical (unpaired) electrons. The Morgan fingerprint density at radius 2 is 1.90 bits per heavy atom. The van der Waals surface area contributed by atoms with Gasteiger partial charge in [-0.3, -0.25) is 19.3 Å². The smallest absolute Gasteiger partial charge is 0.326 e. The molecule has 2 heterocycles. The highest BCUT2D eigenvalue weighted by molar-refractivity contribution is 8.26. The van der Waals surface area contributed by atoms with Gasteiger partial charge in [0.05, 0.1) is 22.2 Å². The zero-order valence-electron chi connectivity index (χ0n) is 17.4. The van der Waals surface area contributed by atoms with E-state index in [0.29, 0.717) is 0 Å². The number of rotatable bonds is 7. The van der Waals surface area contributed by atoms with Crippen LogP contribution in [0.2, 0.25) is 0 Å². The number of ketones is 1. The minimum absolute atomic E-state index is 0.218. The molecule has 0 spiro atoms. The van der Waals surface area contributed by atoms with Gasteiger partial charge in [-0.25, -0.2) is 0 Å². The SMILES string of the molecule is CCOC(=O)CN1C(=O)C(=C(C=CC=C2Sc3ccccc3N2CC)C(C)=O)SC1=S. The minimum atomic E-state index is -0.540. The lowest BCUT2D eigenvalue weighted by molar-refractivity contribution is -0.145. The first kappa shape index (κ1) is 23.3. The molecule has 0 unspecified atom stereocenters. The number of nitrogens with zero attached hydrogens (tertiary/aromatic N) is 2. The van der Waals surface area contributed by atoms with Gasteiger partial charge in [0.15, 0.2) is 5.78 Å². The maximum absolute atomic E-state index is 12.8. The highest BCUT2D eigenvalue weighted by Crippen LogP contribution is 2.45. The van der Waals surface area contributed by atoms with Gasteiger partial charge < -0.3 is 9.64 Å². The standard InChI is InChI=1S/C22H22N2O4S3/c1-4-23-16-10-6-7-11-17(16)30-18(23)12-8-9-15(14(3)25)20-21(27)24(22(29)31-20)13-19(26)28-5-2/h6-12H,4-5,13H2,1-3H3. The highest BCUT2D eigenvalue weighted by atomic mass is 32.2. The van der Waals surface area contributed by atoms with Crippen LogP contribution in [0.25, 0.3) is 0 Å². The maximum Gasteiger partial charge on any atom is 0.326 e. The molecule has 31 heavy (non-hydrogen) atoms. The molecular weight excluding hydrogens is 452 g/mol. The number of amides is 1. The fraction of sp³-hybridized carbons (Fsp3) is 0.273. The second-order valence-corrected chi connectivity index (χ2v) is 9.25. The Kier molecular flexibility index (Phi) is 7.74. The molecule has 1 amide bonds. The van der Waals surface area contributed by atoms with Gasteiger partial charge in [0.2, 0.25) is 0 Å². The van der Waals surface area contributed by atoms with Crippen LogP contribution in [-0.2, 0) is 19.1 Å². The molecule has 0 N–H and O–H groups in total. The summed E-state index contributed by atoms with van der Waals surface area (Å²) < 4.78 is 5.13. The topological polar surface area (TPSA) is 66.9 Å². The molecule has 0 bridgehead atoms. The van der Waals surface area contributed by atoms with E-state index >= 15 is 0 Å². The third-order valence-electron chi connectivity index (χ3n) is 4.52. The van der Waals surface area contributed by atoms with E-state index in [1.165, 1.54) is 16.7 Å². The summed E-state index contributed by atoms with van der Waals surface area (Å²) in [5, 5.41) is 1.04. The van der Waals surface area contributed by atoms with Crippen molar-refractivity contribution < 1.29 is 19.1 Å². The van der Waals surface area contributed by atoms with Crippen molar-refractivity contribution in [3.63, 3.8) is 0 Å². The van der Waals surface area contributed by atoms with Gasteiger partial charge in [0.25, 0.3) is 5.91 Å². The number of thioether (sulfide) groups is 2. The molecule has 0 atom stereocenters. The van der Waals surface area contributed by atoms with Gasteiger partial charge in [-0.1, -0.05) is 54.0 Å². The molecule has 3 rings (SSSR count). The number of anilines is 1. The Labute approximate surface area is 195 Å². The second kappa shape index (κ2) is 10.3. The zero-order chi connectivity index (χ0) is 22.5. The van der Waals surface area contributed by atoms with Crippen LogP contribution in [-0.4, -0.2) is 46.6 Å². The molecule has 1 aromatic carbocycles. The molecule has 0 aliphatic carbocycles. The normalized spacial score (nSPS) is 18.9. The van der Waals surface area contributed by atoms with Crippen molar-refractivity contribution in [2.75, 3.05) is 24.6 Å². The van der Waals surface area contributed by atoms with Crippen LogP contribution in [0.4, 0.5) is 5.69 Å². The summed E-state index contributed by atoms with van der Waals surface area (Å²) in [6.07, 6.45) is 5.32. The lowest BCUT2D eigenvalue weighted by Gasteiger charge is -2.17. The third-order valence-corrected chi connectivity index (χ3v) is 7.11. The Bertz CT molecular complexity index is 1030. The van der Waals surface area contributed by atoms with Crippen LogP contribution in [0.5, 0.6) is 0 Å². The number of ether oxygens (including phenoxy) is 1. The van der Waals surface area contributed by atoms with Gasteiger partial charge in [-0.2, -0.15) is 0 Å². The number of Topliss-reactive ketones (excluding diaryl/α,β-unsaturated/α-hetero) is 1. The number of carbonyl (C=O) groups excluding carboxylic acids is 3. The van der Waals surface area contributed by atoms with Crippen molar-refractivity contribution in [1.82, 2.24) is 4.90 Å². The summed E-state index contributed by atoms with van der Waals surface area (Å²) in [6.45, 7) is 5.95. The number of esters is 1.